The Balaban J connectivity index is 2.38. The van der Waals surface area contributed by atoms with E-state index in [0.29, 0.717) is 19.4 Å². The van der Waals surface area contributed by atoms with Crippen molar-refractivity contribution in [2.45, 2.75) is 44.7 Å². The van der Waals surface area contributed by atoms with E-state index in [2.05, 4.69) is 11.9 Å². The Bertz CT molecular complexity index is 338. The smallest absolute Gasteiger partial charge is 0.246 e. The molecule has 0 spiro atoms. The summed E-state index contributed by atoms with van der Waals surface area (Å²) in [5.74, 6) is -0.607. The summed E-state index contributed by atoms with van der Waals surface area (Å²) in [7, 11) is 0. The number of rotatable bonds is 6. The number of hydrogen-bond donors (Lipinski definition) is 1. The standard InChI is InChI=1S/C14H23FN2O2/c1-3-13(19)17(4-2)10-12(18)16-11-14(15)8-6-5-7-9-14/h3H,1,4-11H2,2H3,(H,16,18). The van der Waals surface area contributed by atoms with Crippen LogP contribution in [0.15, 0.2) is 12.7 Å². The molecule has 1 aliphatic rings. The van der Waals surface area contributed by atoms with Gasteiger partial charge in [-0.2, -0.15) is 0 Å². The molecule has 0 heterocycles. The molecule has 1 N–H and O–H groups in total. The van der Waals surface area contributed by atoms with Gasteiger partial charge in [0.05, 0.1) is 13.1 Å². The highest BCUT2D eigenvalue weighted by Crippen LogP contribution is 2.30. The van der Waals surface area contributed by atoms with Crippen molar-refractivity contribution >= 4 is 11.8 Å². The molecule has 2 amide bonds. The van der Waals surface area contributed by atoms with Gasteiger partial charge in [0.1, 0.15) is 5.67 Å². The molecule has 4 nitrogen and oxygen atoms in total. The molecular weight excluding hydrogens is 247 g/mol. The van der Waals surface area contributed by atoms with Crippen LogP contribution in [-0.2, 0) is 9.59 Å². The lowest BCUT2D eigenvalue weighted by Gasteiger charge is -2.29. The molecule has 19 heavy (non-hydrogen) atoms. The van der Waals surface area contributed by atoms with Crippen molar-refractivity contribution in [3.05, 3.63) is 12.7 Å². The average molecular weight is 270 g/mol. The number of hydrogen-bond acceptors (Lipinski definition) is 2. The quantitative estimate of drug-likeness (QED) is 0.748. The summed E-state index contributed by atoms with van der Waals surface area (Å²) in [6.45, 7) is 5.60. The Morgan fingerprint density at radius 3 is 2.53 bits per heavy atom. The van der Waals surface area contributed by atoms with Gasteiger partial charge < -0.3 is 10.2 Å². The Labute approximate surface area is 114 Å². The van der Waals surface area contributed by atoms with E-state index in [1.54, 1.807) is 6.92 Å². The Morgan fingerprint density at radius 1 is 1.37 bits per heavy atom. The van der Waals surface area contributed by atoms with E-state index in [1.165, 1.54) is 11.0 Å². The fourth-order valence-electron chi connectivity index (χ4n) is 2.32. The van der Waals surface area contributed by atoms with Crippen molar-refractivity contribution in [3.8, 4) is 0 Å². The normalized spacial score (nSPS) is 17.6. The van der Waals surface area contributed by atoms with Crippen LogP contribution in [0.25, 0.3) is 0 Å². The van der Waals surface area contributed by atoms with Crippen LogP contribution >= 0.6 is 0 Å². The first-order chi connectivity index (χ1) is 9.00. The number of halogens is 1. The predicted molar refractivity (Wildman–Crippen MR) is 72.4 cm³/mol. The fourth-order valence-corrected chi connectivity index (χ4v) is 2.32. The van der Waals surface area contributed by atoms with Gasteiger partial charge in [0.2, 0.25) is 11.8 Å². The molecule has 0 aromatic rings. The van der Waals surface area contributed by atoms with Gasteiger partial charge in [0.15, 0.2) is 0 Å². The van der Waals surface area contributed by atoms with E-state index in [1.807, 2.05) is 0 Å². The van der Waals surface area contributed by atoms with Crippen molar-refractivity contribution in [2.24, 2.45) is 0 Å². The molecule has 1 rings (SSSR count). The number of carbonyl (C=O) groups excluding carboxylic acids is 2. The lowest BCUT2D eigenvalue weighted by Crippen LogP contribution is -2.45. The van der Waals surface area contributed by atoms with Crippen LogP contribution in [0.5, 0.6) is 0 Å². The summed E-state index contributed by atoms with van der Waals surface area (Å²) >= 11 is 0. The first-order valence-electron chi connectivity index (χ1n) is 6.88. The van der Waals surface area contributed by atoms with E-state index in [4.69, 9.17) is 0 Å². The average Bonchev–Trinajstić information content (AvgIpc) is 2.42. The van der Waals surface area contributed by atoms with Crippen LogP contribution < -0.4 is 5.32 Å². The van der Waals surface area contributed by atoms with Crippen molar-refractivity contribution in [1.29, 1.82) is 0 Å². The lowest BCUT2D eigenvalue weighted by molar-refractivity contribution is -0.132. The molecule has 0 bridgehead atoms. The largest absolute Gasteiger partial charge is 0.351 e. The molecule has 0 unspecified atom stereocenters. The van der Waals surface area contributed by atoms with Crippen molar-refractivity contribution in [1.82, 2.24) is 10.2 Å². The van der Waals surface area contributed by atoms with Gasteiger partial charge in [-0.25, -0.2) is 4.39 Å². The summed E-state index contributed by atoms with van der Waals surface area (Å²) < 4.78 is 14.3. The predicted octanol–water partition coefficient (Wildman–Crippen LogP) is 1.81. The van der Waals surface area contributed by atoms with Crippen LogP contribution in [0.4, 0.5) is 4.39 Å². The van der Waals surface area contributed by atoms with Gasteiger partial charge in [-0.15, -0.1) is 0 Å². The minimum absolute atomic E-state index is 0.0442. The molecule has 1 saturated carbocycles. The maximum Gasteiger partial charge on any atom is 0.246 e. The molecule has 1 aliphatic carbocycles. The van der Waals surface area contributed by atoms with E-state index in [-0.39, 0.29) is 24.9 Å². The zero-order valence-electron chi connectivity index (χ0n) is 11.6. The Morgan fingerprint density at radius 2 is 2.00 bits per heavy atom. The summed E-state index contributed by atoms with van der Waals surface area (Å²) in [5, 5.41) is 2.59. The third-order valence-corrected chi connectivity index (χ3v) is 3.55. The third-order valence-electron chi connectivity index (χ3n) is 3.55. The van der Waals surface area contributed by atoms with Crippen molar-refractivity contribution in [2.75, 3.05) is 19.6 Å². The van der Waals surface area contributed by atoms with E-state index in [9.17, 15) is 14.0 Å². The number of alkyl halides is 1. The summed E-state index contributed by atoms with van der Waals surface area (Å²) in [5.41, 5.74) is -1.27. The van der Waals surface area contributed by atoms with Crippen LogP contribution in [0, 0.1) is 0 Å². The van der Waals surface area contributed by atoms with E-state index < -0.39 is 5.67 Å². The maximum atomic E-state index is 14.3. The van der Waals surface area contributed by atoms with Crippen LogP contribution in [0.3, 0.4) is 0 Å². The van der Waals surface area contributed by atoms with E-state index in [0.717, 1.165) is 19.3 Å². The SMILES string of the molecule is C=CC(=O)N(CC)CC(=O)NCC1(F)CCCCC1. The monoisotopic (exact) mass is 270 g/mol. The summed E-state index contributed by atoms with van der Waals surface area (Å²) in [6, 6.07) is 0. The number of amides is 2. The molecule has 5 heteroatoms. The lowest BCUT2D eigenvalue weighted by atomic mass is 9.86. The number of nitrogens with zero attached hydrogens (tertiary/aromatic N) is 1. The summed E-state index contributed by atoms with van der Waals surface area (Å²) in [6.07, 6.45) is 5.02. The van der Waals surface area contributed by atoms with Gasteiger partial charge in [0.25, 0.3) is 0 Å². The number of likely N-dealkylation sites (N-methyl/N-ethyl adjacent to an activating group) is 1. The highest BCUT2D eigenvalue weighted by atomic mass is 19.1. The minimum atomic E-state index is -1.27. The molecule has 0 aromatic heterocycles. The van der Waals surface area contributed by atoms with Gasteiger partial charge in [-0.05, 0) is 25.8 Å². The molecule has 0 aromatic carbocycles. The second-order valence-corrected chi connectivity index (χ2v) is 5.04. The van der Waals surface area contributed by atoms with Crippen LogP contribution in [-0.4, -0.2) is 42.0 Å². The maximum absolute atomic E-state index is 14.3. The Hall–Kier alpha value is -1.39. The molecule has 1 fully saturated rings. The third kappa shape index (κ3) is 5.01. The second-order valence-electron chi connectivity index (χ2n) is 5.04. The minimum Gasteiger partial charge on any atom is -0.351 e. The Kier molecular flexibility index (Phi) is 5.99. The molecule has 0 atom stereocenters. The number of nitrogens with one attached hydrogen (secondary N) is 1. The van der Waals surface area contributed by atoms with Crippen molar-refractivity contribution < 1.29 is 14.0 Å². The van der Waals surface area contributed by atoms with Gasteiger partial charge in [-0.3, -0.25) is 9.59 Å². The fraction of sp³-hybridized carbons (Fsp3) is 0.714. The number of carbonyl (C=O) groups is 2. The van der Waals surface area contributed by atoms with E-state index >= 15 is 0 Å². The zero-order valence-corrected chi connectivity index (χ0v) is 11.6. The topological polar surface area (TPSA) is 49.4 Å². The molecular formula is C14H23FN2O2. The van der Waals surface area contributed by atoms with Crippen molar-refractivity contribution in [3.63, 3.8) is 0 Å². The van der Waals surface area contributed by atoms with Crippen LogP contribution in [0.2, 0.25) is 0 Å². The van der Waals surface area contributed by atoms with Gasteiger partial charge in [-0.1, -0.05) is 25.8 Å². The molecule has 0 saturated heterocycles. The molecule has 0 radical (unpaired) electrons. The van der Waals surface area contributed by atoms with Crippen LogP contribution in [0.1, 0.15) is 39.0 Å². The highest BCUT2D eigenvalue weighted by Gasteiger charge is 2.32. The van der Waals surface area contributed by atoms with Gasteiger partial charge >= 0.3 is 0 Å². The second kappa shape index (κ2) is 7.26. The summed E-state index contributed by atoms with van der Waals surface area (Å²) in [4.78, 5) is 24.5. The van der Waals surface area contributed by atoms with Gasteiger partial charge in [0, 0.05) is 6.54 Å². The highest BCUT2D eigenvalue weighted by molar-refractivity contribution is 5.90. The first kappa shape index (κ1) is 15.7. The molecule has 108 valence electrons. The molecule has 0 aliphatic heterocycles. The zero-order chi connectivity index (χ0) is 14.3. The first-order valence-corrected chi connectivity index (χ1v) is 6.88.